The van der Waals surface area contributed by atoms with Gasteiger partial charge in [0.25, 0.3) is 0 Å². The summed E-state index contributed by atoms with van der Waals surface area (Å²) in [5, 5.41) is 0. The van der Waals surface area contributed by atoms with Crippen molar-refractivity contribution in [2.75, 3.05) is 0 Å². The Morgan fingerprint density at radius 2 is 2.00 bits per heavy atom. The molecule has 0 saturated heterocycles. The van der Waals surface area contributed by atoms with E-state index in [2.05, 4.69) is 39.0 Å². The molecule has 0 heterocycles. The molecule has 3 atom stereocenters. The lowest BCUT2D eigenvalue weighted by Gasteiger charge is -2.32. The molecule has 3 unspecified atom stereocenters. The molecule has 17 heavy (non-hydrogen) atoms. The maximum absolute atomic E-state index is 6.48. The van der Waals surface area contributed by atoms with Crippen molar-refractivity contribution in [3.63, 3.8) is 0 Å². The van der Waals surface area contributed by atoms with Gasteiger partial charge < -0.3 is 5.73 Å². The van der Waals surface area contributed by atoms with Crippen molar-refractivity contribution < 1.29 is 0 Å². The molecule has 1 aliphatic rings. The molecule has 2 N–H and O–H groups in total. The van der Waals surface area contributed by atoms with Gasteiger partial charge in [-0.3, -0.25) is 0 Å². The minimum absolute atomic E-state index is 0.235. The van der Waals surface area contributed by atoms with E-state index in [0.717, 1.165) is 5.92 Å². The smallest absolute Gasteiger partial charge is 0.0326 e. The Morgan fingerprint density at radius 1 is 1.24 bits per heavy atom. The average Bonchev–Trinajstić information content (AvgIpc) is 2.28. The Morgan fingerprint density at radius 3 is 2.65 bits per heavy atom. The van der Waals surface area contributed by atoms with Crippen LogP contribution in [-0.2, 0) is 0 Å². The molecule has 0 aliphatic heterocycles. The van der Waals surface area contributed by atoms with E-state index in [4.69, 9.17) is 5.73 Å². The number of hydrogen-bond acceptors (Lipinski definition) is 1. The van der Waals surface area contributed by atoms with Crippen LogP contribution in [0, 0.1) is 25.7 Å². The van der Waals surface area contributed by atoms with Gasteiger partial charge in [0.2, 0.25) is 0 Å². The van der Waals surface area contributed by atoms with Crippen LogP contribution < -0.4 is 5.73 Å². The lowest BCUT2D eigenvalue weighted by molar-refractivity contribution is 0.247. The van der Waals surface area contributed by atoms with Crippen molar-refractivity contribution in [2.24, 2.45) is 17.6 Å². The Kier molecular flexibility index (Phi) is 3.88. The summed E-state index contributed by atoms with van der Waals surface area (Å²) >= 11 is 0. The van der Waals surface area contributed by atoms with E-state index in [-0.39, 0.29) is 6.04 Å². The van der Waals surface area contributed by atoms with Crippen molar-refractivity contribution >= 4 is 0 Å². The molecule has 1 saturated carbocycles. The fraction of sp³-hybridized carbons (Fsp3) is 0.625. The second kappa shape index (κ2) is 5.22. The third kappa shape index (κ3) is 2.90. The quantitative estimate of drug-likeness (QED) is 0.813. The SMILES string of the molecule is Cc1ccc(C(N)C2CCCC(C)C2)c(C)c1. The number of nitrogens with two attached hydrogens (primary N) is 1. The van der Waals surface area contributed by atoms with Gasteiger partial charge in [0.05, 0.1) is 0 Å². The molecule has 1 nitrogen and oxygen atoms in total. The zero-order valence-electron chi connectivity index (χ0n) is 11.4. The third-order valence-corrected chi connectivity index (χ3v) is 4.27. The van der Waals surface area contributed by atoms with Crippen LogP contribution in [-0.4, -0.2) is 0 Å². The molecule has 1 fully saturated rings. The average molecular weight is 231 g/mol. The zero-order chi connectivity index (χ0) is 12.4. The normalized spacial score (nSPS) is 26.8. The van der Waals surface area contributed by atoms with E-state index in [9.17, 15) is 0 Å². The number of rotatable bonds is 2. The largest absolute Gasteiger partial charge is 0.324 e. The summed E-state index contributed by atoms with van der Waals surface area (Å²) in [4.78, 5) is 0. The summed E-state index contributed by atoms with van der Waals surface area (Å²) < 4.78 is 0. The van der Waals surface area contributed by atoms with Crippen molar-refractivity contribution in [1.82, 2.24) is 0 Å². The Balaban J connectivity index is 2.15. The van der Waals surface area contributed by atoms with Gasteiger partial charge in [0, 0.05) is 6.04 Å². The Hall–Kier alpha value is -0.820. The third-order valence-electron chi connectivity index (χ3n) is 4.27. The first kappa shape index (κ1) is 12.6. The van der Waals surface area contributed by atoms with Crippen LogP contribution in [0.3, 0.4) is 0 Å². The molecule has 1 aliphatic carbocycles. The van der Waals surface area contributed by atoms with Gasteiger partial charge in [0.15, 0.2) is 0 Å². The lowest BCUT2D eigenvalue weighted by atomic mass is 9.76. The van der Waals surface area contributed by atoms with Crippen LogP contribution in [0.25, 0.3) is 0 Å². The van der Waals surface area contributed by atoms with Crippen LogP contribution in [0.15, 0.2) is 18.2 Å². The molecule has 2 rings (SSSR count). The van der Waals surface area contributed by atoms with Gasteiger partial charge in [-0.05, 0) is 49.7 Å². The first-order valence-electron chi connectivity index (χ1n) is 6.90. The highest BCUT2D eigenvalue weighted by Gasteiger charge is 2.25. The maximum atomic E-state index is 6.48. The second-order valence-electron chi connectivity index (χ2n) is 5.92. The van der Waals surface area contributed by atoms with E-state index in [0.29, 0.717) is 5.92 Å². The molecule has 1 heteroatoms. The molecule has 0 radical (unpaired) electrons. The molecule has 94 valence electrons. The summed E-state index contributed by atoms with van der Waals surface area (Å²) in [7, 11) is 0. The van der Waals surface area contributed by atoms with Crippen LogP contribution in [0.2, 0.25) is 0 Å². The van der Waals surface area contributed by atoms with Gasteiger partial charge in [-0.2, -0.15) is 0 Å². The molecule has 0 amide bonds. The van der Waals surface area contributed by atoms with Gasteiger partial charge >= 0.3 is 0 Å². The minimum Gasteiger partial charge on any atom is -0.324 e. The highest BCUT2D eigenvalue weighted by molar-refractivity contribution is 5.33. The molecule has 1 aromatic rings. The Bertz CT molecular complexity index is 383. The van der Waals surface area contributed by atoms with E-state index in [1.54, 1.807) is 0 Å². The second-order valence-corrected chi connectivity index (χ2v) is 5.92. The fourth-order valence-electron chi connectivity index (χ4n) is 3.26. The van der Waals surface area contributed by atoms with Crippen molar-refractivity contribution in [2.45, 2.75) is 52.5 Å². The van der Waals surface area contributed by atoms with E-state index < -0.39 is 0 Å². The maximum Gasteiger partial charge on any atom is 0.0326 e. The van der Waals surface area contributed by atoms with E-state index >= 15 is 0 Å². The highest BCUT2D eigenvalue weighted by atomic mass is 14.7. The summed E-state index contributed by atoms with van der Waals surface area (Å²) in [6.45, 7) is 6.69. The van der Waals surface area contributed by atoms with Gasteiger partial charge in [-0.1, -0.05) is 43.5 Å². The molecular weight excluding hydrogens is 206 g/mol. The predicted octanol–water partition coefficient (Wildman–Crippen LogP) is 4.13. The predicted molar refractivity (Wildman–Crippen MR) is 74.0 cm³/mol. The lowest BCUT2D eigenvalue weighted by Crippen LogP contribution is -2.26. The van der Waals surface area contributed by atoms with Crippen molar-refractivity contribution in [3.8, 4) is 0 Å². The molecule has 0 aromatic heterocycles. The topological polar surface area (TPSA) is 26.0 Å². The summed E-state index contributed by atoms with van der Waals surface area (Å²) in [5.74, 6) is 1.53. The fourth-order valence-corrected chi connectivity index (χ4v) is 3.26. The minimum atomic E-state index is 0.235. The van der Waals surface area contributed by atoms with Gasteiger partial charge in [-0.15, -0.1) is 0 Å². The molecule has 0 bridgehead atoms. The summed E-state index contributed by atoms with van der Waals surface area (Å²) in [6, 6.07) is 6.91. The van der Waals surface area contributed by atoms with E-state index in [1.807, 2.05) is 0 Å². The van der Waals surface area contributed by atoms with Gasteiger partial charge in [0.1, 0.15) is 0 Å². The van der Waals surface area contributed by atoms with Crippen LogP contribution in [0.4, 0.5) is 0 Å². The first-order chi connectivity index (χ1) is 8.08. The Labute approximate surface area is 105 Å². The zero-order valence-corrected chi connectivity index (χ0v) is 11.4. The number of aryl methyl sites for hydroxylation is 2. The van der Waals surface area contributed by atoms with E-state index in [1.165, 1.54) is 42.4 Å². The number of benzene rings is 1. The van der Waals surface area contributed by atoms with Gasteiger partial charge in [-0.25, -0.2) is 0 Å². The highest BCUT2D eigenvalue weighted by Crippen LogP contribution is 2.36. The number of hydrogen-bond donors (Lipinski definition) is 1. The van der Waals surface area contributed by atoms with Crippen molar-refractivity contribution in [3.05, 3.63) is 34.9 Å². The first-order valence-corrected chi connectivity index (χ1v) is 6.90. The standard InChI is InChI=1S/C16H25N/c1-11-5-4-6-14(10-11)16(17)15-8-7-12(2)9-13(15)3/h7-9,11,14,16H,4-6,10,17H2,1-3H3. The summed E-state index contributed by atoms with van der Waals surface area (Å²) in [5.41, 5.74) is 10.5. The summed E-state index contributed by atoms with van der Waals surface area (Å²) in [6.07, 6.45) is 5.34. The molecule has 0 spiro atoms. The monoisotopic (exact) mass is 231 g/mol. The van der Waals surface area contributed by atoms with Crippen molar-refractivity contribution in [1.29, 1.82) is 0 Å². The van der Waals surface area contributed by atoms with Crippen LogP contribution in [0.1, 0.15) is 55.3 Å². The molecular formula is C16H25N. The van der Waals surface area contributed by atoms with Crippen LogP contribution >= 0.6 is 0 Å². The van der Waals surface area contributed by atoms with Crippen LogP contribution in [0.5, 0.6) is 0 Å². The molecule has 1 aromatic carbocycles.